The normalized spacial score (nSPS) is 11.8. The highest BCUT2D eigenvalue weighted by atomic mass is 16.5. The van der Waals surface area contributed by atoms with Gasteiger partial charge >= 0.3 is 5.97 Å². The summed E-state index contributed by atoms with van der Waals surface area (Å²) in [6, 6.07) is 10.3. The molecule has 0 spiro atoms. The Hall–Kier alpha value is -3.48. The summed E-state index contributed by atoms with van der Waals surface area (Å²) in [6.45, 7) is 2.00. The van der Waals surface area contributed by atoms with Crippen LogP contribution in [0.25, 0.3) is 10.9 Å². The third kappa shape index (κ3) is 4.51. The molecule has 0 saturated heterocycles. The summed E-state index contributed by atoms with van der Waals surface area (Å²) in [4.78, 5) is 27.3. The lowest BCUT2D eigenvalue weighted by molar-refractivity contribution is -0.137. The van der Waals surface area contributed by atoms with Crippen LogP contribution in [0.4, 0.5) is 0 Å². The van der Waals surface area contributed by atoms with Gasteiger partial charge in [0.2, 0.25) is 5.91 Å². The molecule has 3 aromatic rings. The Bertz CT molecular complexity index is 1040. The number of hydrogen-bond acceptors (Lipinski definition) is 4. The van der Waals surface area contributed by atoms with E-state index in [9.17, 15) is 14.7 Å². The first kappa shape index (κ1) is 20.3. The molecule has 1 atom stereocenters. The fourth-order valence-electron chi connectivity index (χ4n) is 3.45. The fraction of sp³-hybridized carbons (Fsp3) is 0.273. The van der Waals surface area contributed by atoms with Crippen molar-refractivity contribution in [2.24, 2.45) is 0 Å². The molecule has 0 aliphatic heterocycles. The number of benzene rings is 2. The molecule has 1 heterocycles. The molecule has 152 valence electrons. The first-order valence-corrected chi connectivity index (χ1v) is 9.21. The monoisotopic (exact) mass is 396 g/mol. The summed E-state index contributed by atoms with van der Waals surface area (Å²) in [7, 11) is 3.03. The summed E-state index contributed by atoms with van der Waals surface area (Å²) in [5.74, 6) is -0.244. The van der Waals surface area contributed by atoms with Gasteiger partial charge in [-0.25, -0.2) is 0 Å². The molecule has 1 amide bonds. The van der Waals surface area contributed by atoms with Gasteiger partial charge in [0.15, 0.2) is 0 Å². The van der Waals surface area contributed by atoms with Gasteiger partial charge in [-0.15, -0.1) is 0 Å². The van der Waals surface area contributed by atoms with Crippen LogP contribution in [0.1, 0.15) is 29.2 Å². The molecular weight excluding hydrogens is 372 g/mol. The van der Waals surface area contributed by atoms with Crippen LogP contribution in [0.3, 0.4) is 0 Å². The number of aromatic nitrogens is 1. The van der Waals surface area contributed by atoms with Gasteiger partial charge in [0.25, 0.3) is 0 Å². The molecule has 0 bridgehead atoms. The molecule has 3 N–H and O–H groups in total. The van der Waals surface area contributed by atoms with Gasteiger partial charge in [-0.2, -0.15) is 0 Å². The first-order valence-electron chi connectivity index (χ1n) is 9.21. The molecular formula is C22H24N2O5. The third-order valence-corrected chi connectivity index (χ3v) is 4.89. The number of para-hydroxylation sites is 1. The number of aromatic amines is 1. The number of carboxylic acids is 1. The minimum atomic E-state index is -1.02. The molecule has 7 heteroatoms. The fourth-order valence-corrected chi connectivity index (χ4v) is 3.45. The van der Waals surface area contributed by atoms with E-state index < -0.39 is 12.0 Å². The van der Waals surface area contributed by atoms with Crippen LogP contribution in [0, 0.1) is 6.92 Å². The maximum Gasteiger partial charge on any atom is 0.305 e. The summed E-state index contributed by atoms with van der Waals surface area (Å²) in [6.07, 6.45) is 1.69. The molecule has 0 aliphatic carbocycles. The van der Waals surface area contributed by atoms with Crippen molar-refractivity contribution in [1.29, 1.82) is 0 Å². The van der Waals surface area contributed by atoms with Gasteiger partial charge in [0, 0.05) is 28.7 Å². The van der Waals surface area contributed by atoms with Crippen LogP contribution >= 0.6 is 0 Å². The summed E-state index contributed by atoms with van der Waals surface area (Å²) < 4.78 is 10.6. The number of carbonyl (C=O) groups excluding carboxylic acids is 1. The van der Waals surface area contributed by atoms with E-state index in [4.69, 9.17) is 9.47 Å². The molecule has 3 rings (SSSR count). The minimum absolute atomic E-state index is 0.137. The molecule has 0 fully saturated rings. The van der Waals surface area contributed by atoms with Crippen molar-refractivity contribution in [2.75, 3.05) is 14.2 Å². The van der Waals surface area contributed by atoms with E-state index in [0.29, 0.717) is 17.1 Å². The number of fused-ring (bicyclic) bond motifs is 1. The van der Waals surface area contributed by atoms with E-state index in [1.165, 1.54) is 14.2 Å². The van der Waals surface area contributed by atoms with Crippen LogP contribution in [-0.4, -0.2) is 36.2 Å². The maximum atomic E-state index is 12.7. The largest absolute Gasteiger partial charge is 0.497 e. The lowest BCUT2D eigenvalue weighted by Crippen LogP contribution is -2.31. The van der Waals surface area contributed by atoms with Crippen LogP contribution in [0.2, 0.25) is 0 Å². The number of aryl methyl sites for hydroxylation is 1. The number of carbonyl (C=O) groups is 2. The van der Waals surface area contributed by atoms with Gasteiger partial charge in [0.1, 0.15) is 11.5 Å². The van der Waals surface area contributed by atoms with Crippen molar-refractivity contribution < 1.29 is 24.2 Å². The molecule has 2 aromatic carbocycles. The van der Waals surface area contributed by atoms with E-state index in [1.54, 1.807) is 18.2 Å². The Labute approximate surface area is 168 Å². The highest BCUT2D eigenvalue weighted by Crippen LogP contribution is 2.31. The van der Waals surface area contributed by atoms with E-state index in [2.05, 4.69) is 10.3 Å². The van der Waals surface area contributed by atoms with Gasteiger partial charge in [-0.3, -0.25) is 9.59 Å². The van der Waals surface area contributed by atoms with E-state index >= 15 is 0 Å². The average Bonchev–Trinajstić information content (AvgIpc) is 3.10. The zero-order valence-electron chi connectivity index (χ0n) is 16.6. The van der Waals surface area contributed by atoms with Crippen molar-refractivity contribution >= 4 is 22.8 Å². The predicted octanol–water partition coefficient (Wildman–Crippen LogP) is 3.37. The number of H-pyrrole nitrogens is 1. The third-order valence-electron chi connectivity index (χ3n) is 4.89. The van der Waals surface area contributed by atoms with Crippen molar-refractivity contribution in [3.05, 3.63) is 59.3 Å². The molecule has 1 aromatic heterocycles. The number of ether oxygens (including phenoxy) is 2. The molecule has 0 saturated carbocycles. The Kier molecular flexibility index (Phi) is 6.07. The van der Waals surface area contributed by atoms with Gasteiger partial charge in [0.05, 0.1) is 33.1 Å². The van der Waals surface area contributed by atoms with Gasteiger partial charge in [-0.1, -0.05) is 18.2 Å². The van der Waals surface area contributed by atoms with E-state index in [-0.39, 0.29) is 18.7 Å². The number of amides is 1. The van der Waals surface area contributed by atoms with Crippen molar-refractivity contribution in [1.82, 2.24) is 10.3 Å². The quantitative estimate of drug-likeness (QED) is 0.542. The van der Waals surface area contributed by atoms with Crippen LogP contribution < -0.4 is 14.8 Å². The summed E-state index contributed by atoms with van der Waals surface area (Å²) in [5, 5.41) is 13.2. The Balaban J connectivity index is 1.84. The Morgan fingerprint density at radius 2 is 1.97 bits per heavy atom. The maximum absolute atomic E-state index is 12.7. The number of aliphatic carboxylic acids is 1. The van der Waals surface area contributed by atoms with E-state index in [0.717, 1.165) is 22.0 Å². The Morgan fingerprint density at radius 3 is 2.66 bits per heavy atom. The molecule has 29 heavy (non-hydrogen) atoms. The minimum Gasteiger partial charge on any atom is -0.497 e. The standard InChI is InChI=1S/C22H24N2O5/c1-13-5-4-6-16-14(12-23-22(13)16)9-20(25)24-18(11-21(26)27)17-8-7-15(28-2)10-19(17)29-3/h4-8,10,12,18,23H,9,11H2,1-3H3,(H,24,25)(H,26,27). The predicted molar refractivity (Wildman–Crippen MR) is 109 cm³/mol. The van der Waals surface area contributed by atoms with Gasteiger partial charge in [-0.05, 0) is 30.2 Å². The molecule has 1 unspecified atom stereocenters. The number of methoxy groups -OCH3 is 2. The van der Waals surface area contributed by atoms with Crippen LogP contribution in [-0.2, 0) is 16.0 Å². The summed E-state index contributed by atoms with van der Waals surface area (Å²) >= 11 is 0. The zero-order valence-corrected chi connectivity index (χ0v) is 16.6. The Morgan fingerprint density at radius 1 is 1.17 bits per heavy atom. The van der Waals surface area contributed by atoms with Crippen molar-refractivity contribution in [2.45, 2.75) is 25.8 Å². The number of hydrogen-bond donors (Lipinski definition) is 3. The molecule has 0 aliphatic rings. The zero-order chi connectivity index (χ0) is 21.0. The van der Waals surface area contributed by atoms with Crippen molar-refractivity contribution in [3.63, 3.8) is 0 Å². The van der Waals surface area contributed by atoms with Crippen LogP contribution in [0.5, 0.6) is 11.5 Å². The highest BCUT2D eigenvalue weighted by Gasteiger charge is 2.22. The number of nitrogens with one attached hydrogen (secondary N) is 2. The summed E-state index contributed by atoms with van der Waals surface area (Å²) in [5.41, 5.74) is 3.53. The highest BCUT2D eigenvalue weighted by molar-refractivity contribution is 5.90. The second-order valence-corrected chi connectivity index (χ2v) is 6.81. The van der Waals surface area contributed by atoms with Crippen molar-refractivity contribution in [3.8, 4) is 11.5 Å². The second kappa shape index (κ2) is 8.68. The first-order chi connectivity index (χ1) is 13.9. The van der Waals surface area contributed by atoms with Crippen LogP contribution in [0.15, 0.2) is 42.6 Å². The molecule has 0 radical (unpaired) electrons. The lowest BCUT2D eigenvalue weighted by Gasteiger charge is -2.20. The second-order valence-electron chi connectivity index (χ2n) is 6.81. The lowest BCUT2D eigenvalue weighted by atomic mass is 10.0. The average molecular weight is 396 g/mol. The topological polar surface area (TPSA) is 101 Å². The smallest absolute Gasteiger partial charge is 0.305 e. The molecule has 7 nitrogen and oxygen atoms in total. The SMILES string of the molecule is COc1ccc(C(CC(=O)O)NC(=O)Cc2c[nH]c3c(C)cccc23)c(OC)c1. The number of rotatable bonds is 8. The van der Waals surface area contributed by atoms with E-state index in [1.807, 2.05) is 31.3 Å². The van der Waals surface area contributed by atoms with Gasteiger partial charge < -0.3 is 24.9 Å². The number of carboxylic acid groups (broad SMARTS) is 1.